The predicted molar refractivity (Wildman–Crippen MR) is 70.7 cm³/mol. The van der Waals surface area contributed by atoms with Gasteiger partial charge in [0.25, 0.3) is 0 Å². The maximum atomic E-state index is 8.87. The van der Waals surface area contributed by atoms with Gasteiger partial charge in [0, 0.05) is 13.2 Å². The Morgan fingerprint density at radius 2 is 2.26 bits per heavy atom. The highest BCUT2D eigenvalue weighted by molar-refractivity contribution is 5.05. The predicted octanol–water partition coefficient (Wildman–Crippen LogP) is 1.45. The van der Waals surface area contributed by atoms with Gasteiger partial charge in [0.1, 0.15) is 18.1 Å². The summed E-state index contributed by atoms with van der Waals surface area (Å²) in [4.78, 5) is 0. The van der Waals surface area contributed by atoms with Crippen LogP contribution in [0.3, 0.4) is 0 Å². The highest BCUT2D eigenvalue weighted by Gasteiger charge is 2.14. The average molecular weight is 269 g/mol. The van der Waals surface area contributed by atoms with E-state index in [2.05, 4.69) is 5.32 Å². The maximum absolute atomic E-state index is 8.87. The number of aliphatic hydroxyl groups is 1. The summed E-state index contributed by atoms with van der Waals surface area (Å²) < 4.78 is 16.4. The lowest BCUT2D eigenvalue weighted by molar-refractivity contribution is 0.0166. The van der Waals surface area contributed by atoms with E-state index in [9.17, 15) is 0 Å². The van der Waals surface area contributed by atoms with Gasteiger partial charge >= 0.3 is 0 Å². The molecule has 2 N–H and O–H groups in total. The molecule has 1 fully saturated rings. The Labute approximate surface area is 113 Å². The molecule has 2 rings (SSSR count). The van der Waals surface area contributed by atoms with E-state index in [1.54, 1.807) is 6.07 Å². The third-order valence-electron chi connectivity index (χ3n) is 3.14. The number of aliphatic hydroxyl groups excluding tert-OH is 1. The number of hydrogen-bond donors (Lipinski definition) is 2. The van der Waals surface area contributed by atoms with Crippen molar-refractivity contribution >= 4 is 0 Å². The molecule has 1 aromatic rings. The van der Waals surface area contributed by atoms with Crippen molar-refractivity contribution in [2.75, 3.05) is 26.4 Å². The minimum atomic E-state index is -0.0446. The quantitative estimate of drug-likeness (QED) is 0.664. The number of furan rings is 1. The Bertz CT molecular complexity index is 347. The van der Waals surface area contributed by atoms with Gasteiger partial charge in [0.15, 0.2) is 0 Å². The standard InChI is InChI=1S/C14H23NO4/c16-10-13-5-4-12(19-13)9-15-6-2-7-17-11-14-3-1-8-18-14/h4-5,14-16H,1-3,6-11H2. The van der Waals surface area contributed by atoms with E-state index in [1.165, 1.54) is 0 Å². The largest absolute Gasteiger partial charge is 0.462 e. The summed E-state index contributed by atoms with van der Waals surface area (Å²) in [5.41, 5.74) is 0. The molecule has 0 spiro atoms. The van der Waals surface area contributed by atoms with Crippen molar-refractivity contribution in [2.24, 2.45) is 0 Å². The van der Waals surface area contributed by atoms with Crippen LogP contribution >= 0.6 is 0 Å². The highest BCUT2D eigenvalue weighted by atomic mass is 16.5. The topological polar surface area (TPSA) is 63.9 Å². The van der Waals surface area contributed by atoms with Gasteiger partial charge in [-0.05, 0) is 37.9 Å². The van der Waals surface area contributed by atoms with Crippen LogP contribution in [0, 0.1) is 0 Å². The summed E-state index contributed by atoms with van der Waals surface area (Å²) in [6, 6.07) is 3.67. The van der Waals surface area contributed by atoms with Gasteiger partial charge < -0.3 is 24.3 Å². The zero-order valence-corrected chi connectivity index (χ0v) is 11.3. The minimum absolute atomic E-state index is 0.0446. The minimum Gasteiger partial charge on any atom is -0.462 e. The summed E-state index contributed by atoms with van der Waals surface area (Å²) in [5.74, 6) is 1.46. The fraction of sp³-hybridized carbons (Fsp3) is 0.714. The lowest BCUT2D eigenvalue weighted by Gasteiger charge is -2.10. The molecule has 0 saturated carbocycles. The van der Waals surface area contributed by atoms with E-state index >= 15 is 0 Å². The first kappa shape index (κ1) is 14.5. The SMILES string of the molecule is OCc1ccc(CNCCCOCC2CCCO2)o1. The molecule has 0 bridgehead atoms. The maximum Gasteiger partial charge on any atom is 0.129 e. The fourth-order valence-electron chi connectivity index (χ4n) is 2.10. The van der Waals surface area contributed by atoms with Crippen molar-refractivity contribution in [3.8, 4) is 0 Å². The first-order valence-corrected chi connectivity index (χ1v) is 6.97. The average Bonchev–Trinajstić information content (AvgIpc) is 3.08. The van der Waals surface area contributed by atoms with E-state index in [4.69, 9.17) is 19.0 Å². The van der Waals surface area contributed by atoms with Gasteiger partial charge in [-0.2, -0.15) is 0 Å². The van der Waals surface area contributed by atoms with Crippen molar-refractivity contribution in [1.82, 2.24) is 5.32 Å². The van der Waals surface area contributed by atoms with Crippen LogP contribution in [0.4, 0.5) is 0 Å². The lowest BCUT2D eigenvalue weighted by Crippen LogP contribution is -2.18. The molecular weight excluding hydrogens is 246 g/mol. The first-order chi connectivity index (χ1) is 9.38. The van der Waals surface area contributed by atoms with Crippen LogP contribution in [-0.2, 0) is 22.6 Å². The molecule has 0 radical (unpaired) electrons. The fourth-order valence-corrected chi connectivity index (χ4v) is 2.10. The molecular formula is C14H23NO4. The molecule has 0 aromatic carbocycles. The number of rotatable bonds is 9. The molecule has 1 saturated heterocycles. The molecule has 1 aliphatic heterocycles. The summed E-state index contributed by atoms with van der Waals surface area (Å²) in [5, 5.41) is 12.1. The van der Waals surface area contributed by atoms with Gasteiger partial charge in [0.05, 0.1) is 19.3 Å². The van der Waals surface area contributed by atoms with Gasteiger partial charge in [0.2, 0.25) is 0 Å². The molecule has 108 valence electrons. The van der Waals surface area contributed by atoms with Gasteiger partial charge in [-0.3, -0.25) is 0 Å². The van der Waals surface area contributed by atoms with Gasteiger partial charge in [-0.25, -0.2) is 0 Å². The molecule has 1 aromatic heterocycles. The zero-order valence-electron chi connectivity index (χ0n) is 11.3. The Kier molecular flexibility index (Phi) is 6.36. The summed E-state index contributed by atoms with van der Waals surface area (Å²) >= 11 is 0. The third-order valence-corrected chi connectivity index (χ3v) is 3.14. The molecule has 1 unspecified atom stereocenters. The second-order valence-electron chi connectivity index (χ2n) is 4.77. The van der Waals surface area contributed by atoms with Crippen molar-refractivity contribution < 1.29 is 19.0 Å². The van der Waals surface area contributed by atoms with E-state index in [0.717, 1.165) is 51.4 Å². The van der Waals surface area contributed by atoms with Crippen LogP contribution in [0.1, 0.15) is 30.8 Å². The highest BCUT2D eigenvalue weighted by Crippen LogP contribution is 2.11. The van der Waals surface area contributed by atoms with Crippen molar-refractivity contribution in [3.05, 3.63) is 23.7 Å². The van der Waals surface area contributed by atoms with Crippen LogP contribution in [0.25, 0.3) is 0 Å². The Morgan fingerprint density at radius 1 is 1.37 bits per heavy atom. The first-order valence-electron chi connectivity index (χ1n) is 6.97. The molecule has 5 heteroatoms. The number of hydrogen-bond acceptors (Lipinski definition) is 5. The van der Waals surface area contributed by atoms with E-state index in [-0.39, 0.29) is 6.61 Å². The Morgan fingerprint density at radius 3 is 3.00 bits per heavy atom. The summed E-state index contributed by atoms with van der Waals surface area (Å²) in [6.45, 7) is 3.89. The monoisotopic (exact) mass is 269 g/mol. The Hall–Kier alpha value is -0.880. The molecule has 1 aliphatic rings. The van der Waals surface area contributed by atoms with Gasteiger partial charge in [-0.1, -0.05) is 0 Å². The van der Waals surface area contributed by atoms with Crippen LogP contribution in [0.15, 0.2) is 16.5 Å². The van der Waals surface area contributed by atoms with Crippen molar-refractivity contribution in [2.45, 2.75) is 38.5 Å². The lowest BCUT2D eigenvalue weighted by atomic mass is 10.2. The molecule has 0 amide bonds. The second kappa shape index (κ2) is 8.32. The van der Waals surface area contributed by atoms with Crippen molar-refractivity contribution in [3.63, 3.8) is 0 Å². The smallest absolute Gasteiger partial charge is 0.129 e. The van der Waals surface area contributed by atoms with Gasteiger partial charge in [-0.15, -0.1) is 0 Å². The van der Waals surface area contributed by atoms with E-state index in [1.807, 2.05) is 6.07 Å². The third kappa shape index (κ3) is 5.32. The second-order valence-corrected chi connectivity index (χ2v) is 4.77. The summed E-state index contributed by atoms with van der Waals surface area (Å²) in [6.07, 6.45) is 3.58. The Balaban J connectivity index is 1.43. The van der Waals surface area contributed by atoms with E-state index < -0.39 is 0 Å². The number of nitrogens with one attached hydrogen (secondary N) is 1. The van der Waals surface area contributed by atoms with Crippen LogP contribution < -0.4 is 5.32 Å². The molecule has 0 aliphatic carbocycles. The van der Waals surface area contributed by atoms with Crippen LogP contribution in [-0.4, -0.2) is 37.6 Å². The molecule has 2 heterocycles. The molecule has 5 nitrogen and oxygen atoms in total. The van der Waals surface area contributed by atoms with Crippen molar-refractivity contribution in [1.29, 1.82) is 0 Å². The van der Waals surface area contributed by atoms with Crippen LogP contribution in [0.5, 0.6) is 0 Å². The zero-order chi connectivity index (χ0) is 13.3. The molecule has 1 atom stereocenters. The van der Waals surface area contributed by atoms with E-state index in [0.29, 0.717) is 18.4 Å². The molecule has 19 heavy (non-hydrogen) atoms. The summed E-state index contributed by atoms with van der Waals surface area (Å²) in [7, 11) is 0. The van der Waals surface area contributed by atoms with Crippen LogP contribution in [0.2, 0.25) is 0 Å². The normalized spacial score (nSPS) is 19.1. The number of ether oxygens (including phenoxy) is 2.